The molecule has 0 radical (unpaired) electrons. The summed E-state index contributed by atoms with van der Waals surface area (Å²) < 4.78 is 10.9. The molecule has 0 fully saturated rings. The number of methoxy groups -OCH3 is 1. The Balaban J connectivity index is 2.75. The van der Waals surface area contributed by atoms with Gasteiger partial charge in [-0.25, -0.2) is 0 Å². The lowest BCUT2D eigenvalue weighted by atomic mass is 10.0. The second kappa shape index (κ2) is 6.51. The monoisotopic (exact) mass is 223 g/mol. The highest BCUT2D eigenvalue weighted by molar-refractivity contribution is 5.29. The van der Waals surface area contributed by atoms with Crippen LogP contribution in [-0.4, -0.2) is 19.8 Å². The molecule has 1 aromatic rings. The van der Waals surface area contributed by atoms with Gasteiger partial charge >= 0.3 is 0 Å². The molecule has 2 atom stereocenters. The van der Waals surface area contributed by atoms with E-state index in [2.05, 4.69) is 6.92 Å². The molecule has 2 unspecified atom stereocenters. The number of hydrogen-bond donors (Lipinski definition) is 1. The van der Waals surface area contributed by atoms with Crippen LogP contribution in [0.5, 0.6) is 5.75 Å². The third-order valence-corrected chi connectivity index (χ3v) is 2.42. The Bertz CT molecular complexity index is 295. The molecule has 1 aromatic carbocycles. The van der Waals surface area contributed by atoms with Crippen LogP contribution in [0.3, 0.4) is 0 Å². The van der Waals surface area contributed by atoms with Gasteiger partial charge in [0, 0.05) is 12.6 Å². The topological polar surface area (TPSA) is 44.5 Å². The van der Waals surface area contributed by atoms with E-state index < -0.39 is 0 Å². The first-order valence-corrected chi connectivity index (χ1v) is 5.70. The maximum Gasteiger partial charge on any atom is 0.118 e. The van der Waals surface area contributed by atoms with Gasteiger partial charge in [0.15, 0.2) is 0 Å². The van der Waals surface area contributed by atoms with E-state index in [1.165, 1.54) is 0 Å². The molecule has 16 heavy (non-hydrogen) atoms. The van der Waals surface area contributed by atoms with E-state index in [4.69, 9.17) is 15.2 Å². The predicted molar refractivity (Wildman–Crippen MR) is 65.6 cm³/mol. The van der Waals surface area contributed by atoms with Crippen molar-refractivity contribution in [3.63, 3.8) is 0 Å². The van der Waals surface area contributed by atoms with Crippen LogP contribution in [0.15, 0.2) is 24.3 Å². The Morgan fingerprint density at radius 2 is 1.88 bits per heavy atom. The van der Waals surface area contributed by atoms with Crippen molar-refractivity contribution in [1.82, 2.24) is 0 Å². The normalized spacial score (nSPS) is 14.5. The van der Waals surface area contributed by atoms with Crippen molar-refractivity contribution in [3.05, 3.63) is 29.8 Å². The molecule has 0 amide bonds. The second-order valence-electron chi connectivity index (χ2n) is 3.92. The van der Waals surface area contributed by atoms with Gasteiger partial charge in [-0.15, -0.1) is 0 Å². The lowest BCUT2D eigenvalue weighted by Gasteiger charge is -2.21. The summed E-state index contributed by atoms with van der Waals surface area (Å²) in [6, 6.07) is 7.85. The van der Waals surface area contributed by atoms with Crippen molar-refractivity contribution in [3.8, 4) is 5.75 Å². The average Bonchev–Trinajstić information content (AvgIpc) is 2.30. The summed E-state index contributed by atoms with van der Waals surface area (Å²) in [5, 5.41) is 0. The van der Waals surface area contributed by atoms with Crippen LogP contribution in [0.2, 0.25) is 0 Å². The summed E-state index contributed by atoms with van der Waals surface area (Å²) in [4.78, 5) is 0. The van der Waals surface area contributed by atoms with Crippen molar-refractivity contribution in [1.29, 1.82) is 0 Å². The van der Waals surface area contributed by atoms with Crippen molar-refractivity contribution in [2.75, 3.05) is 13.7 Å². The molecule has 0 aliphatic carbocycles. The Kier molecular flexibility index (Phi) is 5.29. The molecular weight excluding hydrogens is 202 g/mol. The highest BCUT2D eigenvalue weighted by atomic mass is 16.5. The summed E-state index contributed by atoms with van der Waals surface area (Å²) in [5.41, 5.74) is 7.02. The van der Waals surface area contributed by atoms with E-state index >= 15 is 0 Å². The summed E-state index contributed by atoms with van der Waals surface area (Å²) in [5.74, 6) is 0.850. The van der Waals surface area contributed by atoms with E-state index in [0.29, 0.717) is 0 Å². The van der Waals surface area contributed by atoms with Crippen LogP contribution in [0.25, 0.3) is 0 Å². The van der Waals surface area contributed by atoms with Gasteiger partial charge < -0.3 is 15.2 Å². The van der Waals surface area contributed by atoms with Gasteiger partial charge in [-0.2, -0.15) is 0 Å². The Hall–Kier alpha value is -1.06. The molecular formula is C13H21NO2. The van der Waals surface area contributed by atoms with Gasteiger partial charge in [0.25, 0.3) is 0 Å². The van der Waals surface area contributed by atoms with Gasteiger partial charge in [-0.3, -0.25) is 0 Å². The van der Waals surface area contributed by atoms with Crippen LogP contribution in [0, 0.1) is 0 Å². The van der Waals surface area contributed by atoms with E-state index in [0.717, 1.165) is 24.3 Å². The molecule has 3 nitrogen and oxygen atoms in total. The minimum absolute atomic E-state index is 0.0139. The maximum absolute atomic E-state index is 5.92. The smallest absolute Gasteiger partial charge is 0.118 e. The zero-order valence-electron chi connectivity index (χ0n) is 10.3. The number of ether oxygens (including phenoxy) is 2. The molecule has 0 spiro atoms. The van der Waals surface area contributed by atoms with Gasteiger partial charge in [0.05, 0.1) is 13.2 Å². The predicted octanol–water partition coefficient (Wildman–Crippen LogP) is 2.51. The van der Waals surface area contributed by atoms with Crippen LogP contribution in [-0.2, 0) is 4.74 Å². The van der Waals surface area contributed by atoms with Crippen molar-refractivity contribution in [2.24, 2.45) is 5.73 Å². The lowest BCUT2D eigenvalue weighted by molar-refractivity contribution is 0.0387. The fraction of sp³-hybridized carbons (Fsp3) is 0.538. The zero-order valence-corrected chi connectivity index (χ0v) is 10.3. The van der Waals surface area contributed by atoms with Crippen molar-refractivity contribution >= 4 is 0 Å². The average molecular weight is 223 g/mol. The zero-order chi connectivity index (χ0) is 12.0. The summed E-state index contributed by atoms with van der Waals surface area (Å²) in [6.45, 7) is 4.79. The molecule has 3 heteroatoms. The van der Waals surface area contributed by atoms with Crippen molar-refractivity contribution < 1.29 is 9.47 Å². The molecule has 1 rings (SSSR count). The van der Waals surface area contributed by atoms with Crippen LogP contribution in [0.4, 0.5) is 0 Å². The molecule has 0 saturated heterocycles. The summed E-state index contributed by atoms with van der Waals surface area (Å²) in [7, 11) is 1.66. The van der Waals surface area contributed by atoms with Crippen molar-refractivity contribution in [2.45, 2.75) is 32.4 Å². The number of nitrogens with two attached hydrogens (primary N) is 1. The summed E-state index contributed by atoms with van der Waals surface area (Å²) >= 11 is 0. The third-order valence-electron chi connectivity index (χ3n) is 2.42. The van der Waals surface area contributed by atoms with E-state index in [1.54, 1.807) is 7.11 Å². The SMILES string of the molecule is CCCOC(c1ccc(OC)cc1)C(C)N. The Morgan fingerprint density at radius 1 is 1.25 bits per heavy atom. The first-order chi connectivity index (χ1) is 7.69. The Labute approximate surface area is 97.6 Å². The minimum atomic E-state index is -0.0362. The molecule has 2 N–H and O–H groups in total. The quantitative estimate of drug-likeness (QED) is 0.806. The molecule has 0 aliphatic heterocycles. The first kappa shape index (κ1) is 13.0. The molecule has 0 aromatic heterocycles. The van der Waals surface area contributed by atoms with Crippen LogP contribution >= 0.6 is 0 Å². The van der Waals surface area contributed by atoms with E-state index in [-0.39, 0.29) is 12.1 Å². The van der Waals surface area contributed by atoms with Gasteiger partial charge in [0.1, 0.15) is 5.75 Å². The standard InChI is InChI=1S/C13H21NO2/c1-4-9-16-13(10(2)14)11-5-7-12(15-3)8-6-11/h5-8,10,13H,4,9,14H2,1-3H3. The first-order valence-electron chi connectivity index (χ1n) is 5.70. The molecule has 0 heterocycles. The molecule has 0 aliphatic rings. The van der Waals surface area contributed by atoms with Gasteiger partial charge in [-0.05, 0) is 31.0 Å². The molecule has 0 saturated carbocycles. The van der Waals surface area contributed by atoms with Gasteiger partial charge in [-0.1, -0.05) is 19.1 Å². The number of hydrogen-bond acceptors (Lipinski definition) is 3. The lowest BCUT2D eigenvalue weighted by Crippen LogP contribution is -2.27. The minimum Gasteiger partial charge on any atom is -0.497 e. The summed E-state index contributed by atoms with van der Waals surface area (Å²) in [6.07, 6.45) is 0.963. The third kappa shape index (κ3) is 3.51. The number of rotatable bonds is 6. The Morgan fingerprint density at radius 3 is 2.31 bits per heavy atom. The number of benzene rings is 1. The second-order valence-corrected chi connectivity index (χ2v) is 3.92. The van der Waals surface area contributed by atoms with Crippen LogP contribution < -0.4 is 10.5 Å². The highest BCUT2D eigenvalue weighted by Crippen LogP contribution is 2.23. The van der Waals surface area contributed by atoms with Crippen LogP contribution in [0.1, 0.15) is 31.9 Å². The molecule has 0 bridgehead atoms. The molecule has 90 valence electrons. The highest BCUT2D eigenvalue weighted by Gasteiger charge is 2.16. The fourth-order valence-corrected chi connectivity index (χ4v) is 1.59. The maximum atomic E-state index is 5.92. The van der Waals surface area contributed by atoms with E-state index in [1.807, 2.05) is 31.2 Å². The van der Waals surface area contributed by atoms with Gasteiger partial charge in [0.2, 0.25) is 0 Å². The van der Waals surface area contributed by atoms with E-state index in [9.17, 15) is 0 Å². The largest absolute Gasteiger partial charge is 0.497 e. The fourth-order valence-electron chi connectivity index (χ4n) is 1.59.